The Labute approximate surface area is 301 Å². The highest BCUT2D eigenvalue weighted by Gasteiger charge is 2.28. The number of rotatable bonds is 4. The minimum Gasteiger partial charge on any atom is -0.456 e. The maximum Gasteiger partial charge on any atom is 0.136 e. The summed E-state index contributed by atoms with van der Waals surface area (Å²) in [6.45, 7) is 0. The zero-order chi connectivity index (χ0) is 34.2. The van der Waals surface area contributed by atoms with Gasteiger partial charge in [-0.25, -0.2) is 0 Å². The van der Waals surface area contributed by atoms with Crippen LogP contribution in [0.15, 0.2) is 186 Å². The molecule has 0 saturated carbocycles. The number of hydrogen-bond acceptors (Lipinski definition) is 1. The van der Waals surface area contributed by atoms with Crippen molar-refractivity contribution in [3.8, 4) is 22.3 Å². The van der Waals surface area contributed by atoms with Gasteiger partial charge < -0.3 is 4.42 Å². The van der Waals surface area contributed by atoms with Crippen molar-refractivity contribution >= 4 is 65.9 Å². The Kier molecular flexibility index (Phi) is 6.38. The normalized spacial score (nSPS) is 14.1. The zero-order valence-corrected chi connectivity index (χ0v) is 28.4. The molecule has 1 unspecified atom stereocenters. The first kappa shape index (κ1) is 29.1. The molecule has 0 fully saturated rings. The van der Waals surface area contributed by atoms with E-state index in [2.05, 4.69) is 188 Å². The van der Waals surface area contributed by atoms with Gasteiger partial charge in [0.15, 0.2) is 0 Å². The summed E-state index contributed by atoms with van der Waals surface area (Å²) in [5.74, 6) is 0.190. The van der Waals surface area contributed by atoms with E-state index in [-0.39, 0.29) is 5.92 Å². The Balaban J connectivity index is 1.08. The Morgan fingerprint density at radius 1 is 0.365 bits per heavy atom. The lowest BCUT2D eigenvalue weighted by molar-refractivity contribution is 0.669. The molecule has 1 aliphatic carbocycles. The van der Waals surface area contributed by atoms with E-state index in [1.807, 2.05) is 0 Å². The Morgan fingerprint density at radius 2 is 0.923 bits per heavy atom. The van der Waals surface area contributed by atoms with Crippen molar-refractivity contribution in [2.24, 2.45) is 0 Å². The molecule has 1 atom stereocenters. The van der Waals surface area contributed by atoms with Gasteiger partial charge in [-0.2, -0.15) is 0 Å². The molecular formula is C51H32O. The van der Waals surface area contributed by atoms with Crippen LogP contribution in [0, 0.1) is 0 Å². The summed E-state index contributed by atoms with van der Waals surface area (Å²) in [6.07, 6.45) is 2.37. The van der Waals surface area contributed by atoms with Crippen LogP contribution in [0.25, 0.3) is 88.2 Å². The smallest absolute Gasteiger partial charge is 0.136 e. The molecule has 11 rings (SSSR count). The van der Waals surface area contributed by atoms with E-state index in [0.717, 1.165) is 21.9 Å². The fourth-order valence-corrected chi connectivity index (χ4v) is 8.77. The highest BCUT2D eigenvalue weighted by atomic mass is 16.3. The molecule has 0 saturated heterocycles. The standard InChI is InChI=1S/C51H32O/c1-2-12-32(13-3-1)44-29-37-16-6-7-17-39(37)49(44)33-22-24-34(25-23-33)50-40-18-8-10-20-42(40)51(43-21-11-9-19-41(43)50)38-26-27-47-45(30-38)46-28-35-14-4-5-15-36(35)31-48(46)52-47/h1-31,49H. The summed E-state index contributed by atoms with van der Waals surface area (Å²) in [4.78, 5) is 0. The highest BCUT2D eigenvalue weighted by Crippen LogP contribution is 2.48. The molecule has 0 spiro atoms. The van der Waals surface area contributed by atoms with E-state index in [1.54, 1.807) is 0 Å². The van der Waals surface area contributed by atoms with Crippen molar-refractivity contribution in [3.63, 3.8) is 0 Å². The molecule has 0 aliphatic heterocycles. The van der Waals surface area contributed by atoms with Gasteiger partial charge in [0.1, 0.15) is 11.2 Å². The van der Waals surface area contributed by atoms with Crippen molar-refractivity contribution in [1.29, 1.82) is 0 Å². The molecule has 0 radical (unpaired) electrons. The highest BCUT2D eigenvalue weighted by molar-refractivity contribution is 6.22. The molecule has 0 bridgehead atoms. The van der Waals surface area contributed by atoms with Gasteiger partial charge >= 0.3 is 0 Å². The zero-order valence-electron chi connectivity index (χ0n) is 28.4. The Bertz CT molecular complexity index is 2990. The van der Waals surface area contributed by atoms with Crippen molar-refractivity contribution in [3.05, 3.63) is 204 Å². The lowest BCUT2D eigenvalue weighted by Crippen LogP contribution is -2.01. The van der Waals surface area contributed by atoms with Crippen molar-refractivity contribution in [1.82, 2.24) is 0 Å². The summed E-state index contributed by atoms with van der Waals surface area (Å²) in [6, 6.07) is 66.5. The predicted molar refractivity (Wildman–Crippen MR) is 220 cm³/mol. The van der Waals surface area contributed by atoms with E-state index < -0.39 is 0 Å². The van der Waals surface area contributed by atoms with Crippen LogP contribution in [-0.4, -0.2) is 0 Å². The first-order chi connectivity index (χ1) is 25.8. The first-order valence-corrected chi connectivity index (χ1v) is 18.0. The van der Waals surface area contributed by atoms with Gasteiger partial charge in [-0.1, -0.05) is 158 Å². The average molecular weight is 661 g/mol. The van der Waals surface area contributed by atoms with Gasteiger partial charge in [-0.15, -0.1) is 0 Å². The minimum absolute atomic E-state index is 0.190. The molecule has 9 aromatic carbocycles. The molecule has 0 N–H and O–H groups in total. The third kappa shape index (κ3) is 4.43. The second-order valence-corrected chi connectivity index (χ2v) is 14.0. The summed E-state index contributed by atoms with van der Waals surface area (Å²) in [5, 5.41) is 9.70. The number of fused-ring (bicyclic) bond motifs is 7. The topological polar surface area (TPSA) is 13.1 Å². The quantitative estimate of drug-likeness (QED) is 0.171. The second-order valence-electron chi connectivity index (χ2n) is 14.0. The molecule has 1 aliphatic rings. The van der Waals surface area contributed by atoms with Crippen LogP contribution >= 0.6 is 0 Å². The fraction of sp³-hybridized carbons (Fsp3) is 0.0196. The van der Waals surface area contributed by atoms with E-state index in [1.165, 1.54) is 82.4 Å². The summed E-state index contributed by atoms with van der Waals surface area (Å²) in [5.41, 5.74) is 13.4. The van der Waals surface area contributed by atoms with Crippen LogP contribution in [0.4, 0.5) is 0 Å². The molecule has 1 heterocycles. The molecule has 242 valence electrons. The van der Waals surface area contributed by atoms with Gasteiger partial charge in [-0.3, -0.25) is 0 Å². The Hall–Kier alpha value is -6.70. The van der Waals surface area contributed by atoms with E-state index in [0.29, 0.717) is 0 Å². The third-order valence-electron chi connectivity index (χ3n) is 11.1. The second kappa shape index (κ2) is 11.4. The molecule has 1 aromatic heterocycles. The first-order valence-electron chi connectivity index (χ1n) is 18.0. The number of allylic oxidation sites excluding steroid dienone is 1. The lowest BCUT2D eigenvalue weighted by Gasteiger charge is -2.20. The van der Waals surface area contributed by atoms with E-state index in [4.69, 9.17) is 4.42 Å². The van der Waals surface area contributed by atoms with Gasteiger partial charge in [0, 0.05) is 16.7 Å². The summed E-state index contributed by atoms with van der Waals surface area (Å²) in [7, 11) is 0. The van der Waals surface area contributed by atoms with Crippen LogP contribution in [-0.2, 0) is 0 Å². The number of hydrogen-bond donors (Lipinski definition) is 0. The molecule has 1 heteroatoms. The molecule has 1 nitrogen and oxygen atoms in total. The van der Waals surface area contributed by atoms with Crippen LogP contribution in [0.3, 0.4) is 0 Å². The van der Waals surface area contributed by atoms with Crippen molar-refractivity contribution in [2.75, 3.05) is 0 Å². The van der Waals surface area contributed by atoms with Crippen LogP contribution in [0.1, 0.15) is 28.2 Å². The van der Waals surface area contributed by atoms with Crippen LogP contribution in [0.5, 0.6) is 0 Å². The third-order valence-corrected chi connectivity index (χ3v) is 11.1. The van der Waals surface area contributed by atoms with Gasteiger partial charge in [0.05, 0.1) is 0 Å². The molecule has 0 amide bonds. The van der Waals surface area contributed by atoms with Gasteiger partial charge in [-0.05, 0) is 113 Å². The summed E-state index contributed by atoms with van der Waals surface area (Å²) < 4.78 is 6.40. The van der Waals surface area contributed by atoms with E-state index in [9.17, 15) is 0 Å². The predicted octanol–water partition coefficient (Wildman–Crippen LogP) is 14.1. The average Bonchev–Trinajstić information content (AvgIpc) is 3.77. The van der Waals surface area contributed by atoms with Gasteiger partial charge in [0.25, 0.3) is 0 Å². The van der Waals surface area contributed by atoms with Crippen molar-refractivity contribution < 1.29 is 4.42 Å². The lowest BCUT2D eigenvalue weighted by atomic mass is 9.83. The van der Waals surface area contributed by atoms with Crippen molar-refractivity contribution in [2.45, 2.75) is 5.92 Å². The number of furan rings is 1. The Morgan fingerprint density at radius 3 is 1.63 bits per heavy atom. The minimum atomic E-state index is 0.190. The fourth-order valence-electron chi connectivity index (χ4n) is 8.77. The van der Waals surface area contributed by atoms with E-state index >= 15 is 0 Å². The number of benzene rings is 9. The maximum absolute atomic E-state index is 6.40. The van der Waals surface area contributed by atoms with Crippen LogP contribution in [0.2, 0.25) is 0 Å². The molecule has 10 aromatic rings. The molecule has 52 heavy (non-hydrogen) atoms. The SMILES string of the molecule is C1=C(c2ccccc2)C(c2ccc(-c3c4ccccc4c(-c4ccc5oc6cc7ccccc7cc6c5c4)c4ccccc34)cc2)c2ccccc21. The maximum atomic E-state index is 6.40. The largest absolute Gasteiger partial charge is 0.456 e. The van der Waals surface area contributed by atoms with Gasteiger partial charge in [0.2, 0.25) is 0 Å². The van der Waals surface area contributed by atoms with Crippen LogP contribution < -0.4 is 0 Å². The molecular weight excluding hydrogens is 629 g/mol. The monoisotopic (exact) mass is 660 g/mol. The summed E-state index contributed by atoms with van der Waals surface area (Å²) >= 11 is 0.